The normalized spacial score (nSPS) is 10.3. The number of benzene rings is 2. The summed E-state index contributed by atoms with van der Waals surface area (Å²) in [4.78, 5) is 23.8. The maximum atomic E-state index is 11.9. The van der Waals surface area contributed by atoms with Gasteiger partial charge >= 0.3 is 0 Å². The quantitative estimate of drug-likeness (QED) is 0.697. The molecule has 0 saturated carbocycles. The summed E-state index contributed by atoms with van der Waals surface area (Å²) in [5.74, 6) is -1.04. The number of carbonyl (C=O) groups excluding carboxylic acids is 2. The molecule has 0 aliphatic rings. The van der Waals surface area contributed by atoms with Gasteiger partial charge in [0.1, 0.15) is 6.42 Å². The minimum absolute atomic E-state index is 0.213. The lowest BCUT2D eigenvalue weighted by atomic mass is 10.2. The number of halogens is 4. The number of anilines is 2. The monoisotopic (exact) mass is 390 g/mol. The molecule has 0 radical (unpaired) electrons. The predicted molar refractivity (Wildman–Crippen MR) is 94.8 cm³/mol. The van der Waals surface area contributed by atoms with Crippen molar-refractivity contribution in [1.29, 1.82) is 0 Å². The van der Waals surface area contributed by atoms with Gasteiger partial charge in [0.15, 0.2) is 0 Å². The standard InChI is InChI=1S/C15H10Cl4N2O2/c16-8-4-9(17)6-10(5-8)20-13(22)7-14(23)21-12-3-1-2-11(18)15(12)19/h1-6H,7H2,(H,20,22)(H,21,23). The van der Waals surface area contributed by atoms with Crippen molar-refractivity contribution in [2.24, 2.45) is 0 Å². The lowest BCUT2D eigenvalue weighted by Gasteiger charge is -2.09. The zero-order chi connectivity index (χ0) is 17.0. The molecule has 23 heavy (non-hydrogen) atoms. The third-order valence-corrected chi connectivity index (χ3v) is 3.95. The second-order valence-electron chi connectivity index (χ2n) is 4.53. The third-order valence-electron chi connectivity index (χ3n) is 2.69. The van der Waals surface area contributed by atoms with E-state index >= 15 is 0 Å². The highest BCUT2D eigenvalue weighted by atomic mass is 35.5. The van der Waals surface area contributed by atoms with Gasteiger partial charge in [0.05, 0.1) is 15.7 Å². The summed E-state index contributed by atoms with van der Waals surface area (Å²) in [5.41, 5.74) is 0.740. The van der Waals surface area contributed by atoms with Crippen LogP contribution in [0.25, 0.3) is 0 Å². The fourth-order valence-corrected chi connectivity index (χ4v) is 2.65. The average molecular weight is 392 g/mol. The summed E-state index contributed by atoms with van der Waals surface area (Å²) in [5, 5.41) is 6.34. The highest BCUT2D eigenvalue weighted by molar-refractivity contribution is 6.44. The number of amides is 2. The first-order valence-electron chi connectivity index (χ1n) is 6.35. The highest BCUT2D eigenvalue weighted by Gasteiger charge is 2.13. The second-order valence-corrected chi connectivity index (χ2v) is 6.19. The molecule has 2 rings (SSSR count). The van der Waals surface area contributed by atoms with Gasteiger partial charge in [-0.2, -0.15) is 0 Å². The Hall–Kier alpha value is -1.46. The van der Waals surface area contributed by atoms with Gasteiger partial charge in [-0.3, -0.25) is 9.59 Å². The van der Waals surface area contributed by atoms with Crippen LogP contribution < -0.4 is 10.6 Å². The number of hydrogen-bond donors (Lipinski definition) is 2. The smallest absolute Gasteiger partial charge is 0.233 e. The van der Waals surface area contributed by atoms with E-state index in [4.69, 9.17) is 46.4 Å². The molecular formula is C15H10Cl4N2O2. The van der Waals surface area contributed by atoms with Crippen molar-refractivity contribution in [2.45, 2.75) is 6.42 Å². The molecule has 0 atom stereocenters. The van der Waals surface area contributed by atoms with Crippen molar-refractivity contribution >= 4 is 69.6 Å². The van der Waals surface area contributed by atoms with Crippen LogP contribution in [0.15, 0.2) is 36.4 Å². The second kappa shape index (κ2) is 7.88. The van der Waals surface area contributed by atoms with Crippen LogP contribution in [0.4, 0.5) is 11.4 Å². The largest absolute Gasteiger partial charge is 0.326 e. The van der Waals surface area contributed by atoms with Gasteiger partial charge in [0.25, 0.3) is 0 Å². The summed E-state index contributed by atoms with van der Waals surface area (Å²) in [6.45, 7) is 0. The Kier molecular flexibility index (Phi) is 6.13. The molecule has 0 aliphatic heterocycles. The predicted octanol–water partition coefficient (Wildman–Crippen LogP) is 5.27. The summed E-state index contributed by atoms with van der Waals surface area (Å²) in [6.07, 6.45) is -0.396. The van der Waals surface area contributed by atoms with Crippen LogP contribution in [0, 0.1) is 0 Å². The van der Waals surface area contributed by atoms with E-state index in [0.29, 0.717) is 26.4 Å². The molecule has 4 nitrogen and oxygen atoms in total. The van der Waals surface area contributed by atoms with E-state index in [9.17, 15) is 9.59 Å². The van der Waals surface area contributed by atoms with Crippen molar-refractivity contribution in [3.05, 3.63) is 56.5 Å². The fourth-order valence-electron chi connectivity index (χ4n) is 1.77. The third kappa shape index (κ3) is 5.29. The Morgan fingerprint density at radius 3 is 2.13 bits per heavy atom. The summed E-state index contributed by atoms with van der Waals surface area (Å²) in [7, 11) is 0. The first kappa shape index (κ1) is 17.9. The topological polar surface area (TPSA) is 58.2 Å². The molecular weight excluding hydrogens is 382 g/mol. The van der Waals surface area contributed by atoms with Crippen molar-refractivity contribution in [3.8, 4) is 0 Å². The van der Waals surface area contributed by atoms with Gasteiger partial charge in [0.2, 0.25) is 11.8 Å². The number of hydrogen-bond acceptors (Lipinski definition) is 2. The Bertz CT molecular complexity index is 745. The Morgan fingerprint density at radius 1 is 0.870 bits per heavy atom. The zero-order valence-corrected chi connectivity index (χ0v) is 14.5. The molecule has 0 spiro atoms. The van der Waals surface area contributed by atoms with E-state index < -0.39 is 18.2 Å². The molecule has 0 aromatic heterocycles. The van der Waals surface area contributed by atoms with Crippen molar-refractivity contribution < 1.29 is 9.59 Å². The molecule has 0 unspecified atom stereocenters. The van der Waals surface area contributed by atoms with Crippen LogP contribution in [0.5, 0.6) is 0 Å². The van der Waals surface area contributed by atoms with E-state index in [1.54, 1.807) is 18.2 Å². The van der Waals surface area contributed by atoms with Crippen LogP contribution in [-0.4, -0.2) is 11.8 Å². The number of carbonyl (C=O) groups is 2. The summed E-state index contributed by atoms with van der Waals surface area (Å²) in [6, 6.07) is 9.40. The molecule has 0 aliphatic carbocycles. The summed E-state index contributed by atoms with van der Waals surface area (Å²) >= 11 is 23.5. The zero-order valence-electron chi connectivity index (χ0n) is 11.5. The molecule has 2 aromatic carbocycles. The van der Waals surface area contributed by atoms with E-state index in [2.05, 4.69) is 10.6 Å². The Balaban J connectivity index is 1.97. The first-order valence-corrected chi connectivity index (χ1v) is 7.86. The fraction of sp³-hybridized carbons (Fsp3) is 0.0667. The van der Waals surface area contributed by atoms with Crippen LogP contribution in [0.2, 0.25) is 20.1 Å². The first-order chi connectivity index (χ1) is 10.8. The van der Waals surface area contributed by atoms with Crippen LogP contribution >= 0.6 is 46.4 Å². The van der Waals surface area contributed by atoms with Crippen molar-refractivity contribution in [1.82, 2.24) is 0 Å². The van der Waals surface area contributed by atoms with E-state index in [-0.39, 0.29) is 5.02 Å². The van der Waals surface area contributed by atoms with E-state index in [0.717, 1.165) is 0 Å². The van der Waals surface area contributed by atoms with Crippen LogP contribution in [0.3, 0.4) is 0 Å². The molecule has 8 heteroatoms. The lowest BCUT2D eigenvalue weighted by Crippen LogP contribution is -2.21. The number of nitrogens with one attached hydrogen (secondary N) is 2. The molecule has 0 bridgehead atoms. The SMILES string of the molecule is O=C(CC(=O)Nc1cccc(Cl)c1Cl)Nc1cc(Cl)cc(Cl)c1. The minimum Gasteiger partial charge on any atom is -0.326 e. The van der Waals surface area contributed by atoms with Crippen LogP contribution in [-0.2, 0) is 9.59 Å². The minimum atomic E-state index is -0.528. The lowest BCUT2D eigenvalue weighted by molar-refractivity contribution is -0.123. The van der Waals surface area contributed by atoms with Gasteiger partial charge in [-0.15, -0.1) is 0 Å². The van der Waals surface area contributed by atoms with Gasteiger partial charge < -0.3 is 10.6 Å². The highest BCUT2D eigenvalue weighted by Crippen LogP contribution is 2.29. The molecule has 0 saturated heterocycles. The van der Waals surface area contributed by atoms with Gasteiger partial charge in [-0.25, -0.2) is 0 Å². The molecule has 2 amide bonds. The maximum Gasteiger partial charge on any atom is 0.233 e. The molecule has 2 N–H and O–H groups in total. The molecule has 0 fully saturated rings. The molecule has 0 heterocycles. The molecule has 120 valence electrons. The van der Waals surface area contributed by atoms with Crippen molar-refractivity contribution in [3.63, 3.8) is 0 Å². The Labute approximate surface area is 152 Å². The Morgan fingerprint density at radius 2 is 1.48 bits per heavy atom. The van der Waals surface area contributed by atoms with Gasteiger partial charge in [-0.1, -0.05) is 52.5 Å². The van der Waals surface area contributed by atoms with E-state index in [1.807, 2.05) is 0 Å². The van der Waals surface area contributed by atoms with E-state index in [1.165, 1.54) is 18.2 Å². The average Bonchev–Trinajstić information content (AvgIpc) is 2.42. The maximum absolute atomic E-state index is 11.9. The van der Waals surface area contributed by atoms with Crippen molar-refractivity contribution in [2.75, 3.05) is 10.6 Å². The van der Waals surface area contributed by atoms with Gasteiger partial charge in [-0.05, 0) is 30.3 Å². The summed E-state index contributed by atoms with van der Waals surface area (Å²) < 4.78 is 0. The molecule has 2 aromatic rings. The number of rotatable bonds is 4. The van der Waals surface area contributed by atoms with Gasteiger partial charge in [0, 0.05) is 15.7 Å². The van der Waals surface area contributed by atoms with Crippen LogP contribution in [0.1, 0.15) is 6.42 Å².